The molecule has 0 atom stereocenters. The molecule has 26 heavy (non-hydrogen) atoms. The molecule has 6 heteroatoms. The van der Waals surface area contributed by atoms with E-state index in [-0.39, 0.29) is 0 Å². The number of aromatic nitrogens is 2. The summed E-state index contributed by atoms with van der Waals surface area (Å²) in [5.74, 6) is 2.73. The predicted molar refractivity (Wildman–Crippen MR) is 101 cm³/mol. The van der Waals surface area contributed by atoms with Gasteiger partial charge in [-0.25, -0.2) is 9.97 Å². The molecule has 1 saturated heterocycles. The molecule has 0 N–H and O–H groups in total. The van der Waals surface area contributed by atoms with E-state index in [1.807, 2.05) is 6.07 Å². The second-order valence-electron chi connectivity index (χ2n) is 6.93. The van der Waals surface area contributed by atoms with Crippen LogP contribution < -0.4 is 14.4 Å². The Labute approximate surface area is 154 Å². The third-order valence-electron chi connectivity index (χ3n) is 5.38. The number of rotatable bonds is 5. The molecular weight excluding hydrogens is 328 g/mol. The summed E-state index contributed by atoms with van der Waals surface area (Å²) in [6.45, 7) is 5.02. The van der Waals surface area contributed by atoms with Gasteiger partial charge in [0.1, 0.15) is 12.1 Å². The van der Waals surface area contributed by atoms with Gasteiger partial charge in [0.05, 0.1) is 14.2 Å². The molecule has 2 aromatic rings. The van der Waals surface area contributed by atoms with Crippen LogP contribution in [-0.2, 0) is 19.4 Å². The first kappa shape index (κ1) is 17.1. The van der Waals surface area contributed by atoms with Crippen molar-refractivity contribution in [3.63, 3.8) is 0 Å². The first-order chi connectivity index (χ1) is 12.8. The highest BCUT2D eigenvalue weighted by atomic mass is 16.5. The molecule has 4 rings (SSSR count). The van der Waals surface area contributed by atoms with E-state index in [4.69, 9.17) is 9.47 Å². The number of aryl methyl sites for hydroxylation is 1. The zero-order valence-electron chi connectivity index (χ0n) is 15.6. The average Bonchev–Trinajstić information content (AvgIpc) is 3.17. The molecule has 1 fully saturated rings. The van der Waals surface area contributed by atoms with Gasteiger partial charge in [0.15, 0.2) is 11.5 Å². The van der Waals surface area contributed by atoms with E-state index in [1.165, 1.54) is 29.1 Å². The first-order valence-electron chi connectivity index (χ1n) is 9.29. The van der Waals surface area contributed by atoms with Crippen LogP contribution in [0.2, 0.25) is 0 Å². The van der Waals surface area contributed by atoms with Crippen LogP contribution in [0.5, 0.6) is 11.5 Å². The number of methoxy groups -OCH3 is 2. The standard InChI is InChI=1S/C20H26N4O2/c1-25-18-7-6-15(12-19(18)26-2)13-23-8-10-24(11-9-23)20-16-4-3-5-17(16)21-14-22-20/h6-7,12,14H,3-5,8-11,13H2,1-2H3. The lowest BCUT2D eigenvalue weighted by atomic mass is 10.1. The molecular formula is C20H26N4O2. The summed E-state index contributed by atoms with van der Waals surface area (Å²) in [7, 11) is 3.35. The first-order valence-corrected chi connectivity index (χ1v) is 9.29. The van der Waals surface area contributed by atoms with E-state index in [0.717, 1.165) is 57.1 Å². The number of nitrogens with zero attached hydrogens (tertiary/aromatic N) is 4. The predicted octanol–water partition coefficient (Wildman–Crippen LogP) is 2.30. The summed E-state index contributed by atoms with van der Waals surface area (Å²) in [5.41, 5.74) is 3.88. The molecule has 1 aromatic heterocycles. The van der Waals surface area contributed by atoms with Crippen LogP contribution in [0, 0.1) is 0 Å². The maximum Gasteiger partial charge on any atom is 0.161 e. The molecule has 0 radical (unpaired) electrons. The number of fused-ring (bicyclic) bond motifs is 1. The Morgan fingerprint density at radius 2 is 1.77 bits per heavy atom. The van der Waals surface area contributed by atoms with Gasteiger partial charge in [-0.15, -0.1) is 0 Å². The molecule has 6 nitrogen and oxygen atoms in total. The Balaban J connectivity index is 1.39. The van der Waals surface area contributed by atoms with Crippen LogP contribution in [0.1, 0.15) is 23.2 Å². The van der Waals surface area contributed by atoms with Gasteiger partial charge in [-0.1, -0.05) is 6.07 Å². The van der Waals surface area contributed by atoms with Crippen molar-refractivity contribution < 1.29 is 9.47 Å². The van der Waals surface area contributed by atoms with Crippen LogP contribution in [0.25, 0.3) is 0 Å². The summed E-state index contributed by atoms with van der Waals surface area (Å²) < 4.78 is 10.7. The van der Waals surface area contributed by atoms with Crippen molar-refractivity contribution >= 4 is 5.82 Å². The zero-order valence-corrected chi connectivity index (χ0v) is 15.6. The molecule has 0 amide bonds. The van der Waals surface area contributed by atoms with Gasteiger partial charge in [0.25, 0.3) is 0 Å². The summed E-state index contributed by atoms with van der Waals surface area (Å²) in [6, 6.07) is 6.17. The van der Waals surface area contributed by atoms with Crippen LogP contribution in [0.3, 0.4) is 0 Å². The number of ether oxygens (including phenoxy) is 2. The van der Waals surface area contributed by atoms with Crippen LogP contribution in [-0.4, -0.2) is 55.3 Å². The topological polar surface area (TPSA) is 50.7 Å². The van der Waals surface area contributed by atoms with Crippen LogP contribution in [0.15, 0.2) is 24.5 Å². The summed E-state index contributed by atoms with van der Waals surface area (Å²) >= 11 is 0. The quantitative estimate of drug-likeness (QED) is 0.821. The Bertz CT molecular complexity index is 772. The largest absolute Gasteiger partial charge is 0.493 e. The zero-order chi connectivity index (χ0) is 17.9. The number of benzene rings is 1. The SMILES string of the molecule is COc1ccc(CN2CCN(c3ncnc4c3CCC4)CC2)cc1OC. The fourth-order valence-electron chi connectivity index (χ4n) is 3.97. The van der Waals surface area contributed by atoms with Gasteiger partial charge in [-0.3, -0.25) is 4.90 Å². The number of hydrogen-bond donors (Lipinski definition) is 0. The highest BCUT2D eigenvalue weighted by molar-refractivity contribution is 5.51. The highest BCUT2D eigenvalue weighted by Gasteiger charge is 2.24. The van der Waals surface area contributed by atoms with E-state index < -0.39 is 0 Å². The van der Waals surface area contributed by atoms with Crippen molar-refractivity contribution in [2.75, 3.05) is 45.3 Å². The Kier molecular flexibility index (Phi) is 4.93. The number of hydrogen-bond acceptors (Lipinski definition) is 6. The minimum Gasteiger partial charge on any atom is -0.493 e. The molecule has 1 aliphatic heterocycles. The van der Waals surface area contributed by atoms with Gasteiger partial charge in [0, 0.05) is 44.0 Å². The van der Waals surface area contributed by atoms with Crippen LogP contribution >= 0.6 is 0 Å². The van der Waals surface area contributed by atoms with E-state index in [0.29, 0.717) is 0 Å². The van der Waals surface area contributed by atoms with Crippen molar-refractivity contribution in [2.24, 2.45) is 0 Å². The minimum atomic E-state index is 0.777. The van der Waals surface area contributed by atoms with Gasteiger partial charge < -0.3 is 14.4 Å². The van der Waals surface area contributed by atoms with Gasteiger partial charge >= 0.3 is 0 Å². The van der Waals surface area contributed by atoms with Crippen molar-refractivity contribution in [3.8, 4) is 11.5 Å². The summed E-state index contributed by atoms with van der Waals surface area (Å²) in [5, 5.41) is 0. The third kappa shape index (κ3) is 3.33. The fourth-order valence-corrected chi connectivity index (χ4v) is 3.97. The number of piperazine rings is 1. The third-order valence-corrected chi connectivity index (χ3v) is 5.38. The molecule has 2 aliphatic rings. The smallest absolute Gasteiger partial charge is 0.161 e. The lowest BCUT2D eigenvalue weighted by Gasteiger charge is -2.36. The normalized spacial score (nSPS) is 17.2. The fraction of sp³-hybridized carbons (Fsp3) is 0.500. The highest BCUT2D eigenvalue weighted by Crippen LogP contribution is 2.30. The molecule has 0 spiro atoms. The number of anilines is 1. The molecule has 1 aliphatic carbocycles. The van der Waals surface area contributed by atoms with Crippen molar-refractivity contribution in [1.29, 1.82) is 0 Å². The molecule has 0 unspecified atom stereocenters. The second-order valence-corrected chi connectivity index (χ2v) is 6.93. The Morgan fingerprint density at radius 1 is 0.962 bits per heavy atom. The molecule has 138 valence electrons. The summed E-state index contributed by atoms with van der Waals surface area (Å²) in [4.78, 5) is 13.9. The maximum atomic E-state index is 5.42. The van der Waals surface area contributed by atoms with E-state index in [9.17, 15) is 0 Å². The monoisotopic (exact) mass is 354 g/mol. The Morgan fingerprint density at radius 3 is 2.54 bits per heavy atom. The molecule has 0 saturated carbocycles. The van der Waals surface area contributed by atoms with Gasteiger partial charge in [0.2, 0.25) is 0 Å². The Hall–Kier alpha value is -2.34. The van der Waals surface area contributed by atoms with Gasteiger partial charge in [-0.05, 0) is 37.0 Å². The van der Waals surface area contributed by atoms with Crippen molar-refractivity contribution in [2.45, 2.75) is 25.8 Å². The van der Waals surface area contributed by atoms with Crippen molar-refractivity contribution in [1.82, 2.24) is 14.9 Å². The van der Waals surface area contributed by atoms with Gasteiger partial charge in [-0.2, -0.15) is 0 Å². The minimum absolute atomic E-state index is 0.777. The second kappa shape index (κ2) is 7.50. The molecule has 0 bridgehead atoms. The maximum absolute atomic E-state index is 5.42. The van der Waals surface area contributed by atoms with E-state index in [2.05, 4.69) is 31.9 Å². The van der Waals surface area contributed by atoms with Crippen LogP contribution in [0.4, 0.5) is 5.82 Å². The molecule has 2 heterocycles. The summed E-state index contributed by atoms with van der Waals surface area (Å²) in [6.07, 6.45) is 5.16. The lowest BCUT2D eigenvalue weighted by molar-refractivity contribution is 0.248. The molecule has 1 aromatic carbocycles. The van der Waals surface area contributed by atoms with E-state index in [1.54, 1.807) is 20.5 Å². The average molecular weight is 354 g/mol. The van der Waals surface area contributed by atoms with Crippen molar-refractivity contribution in [3.05, 3.63) is 41.3 Å². The lowest BCUT2D eigenvalue weighted by Crippen LogP contribution is -2.46. The van der Waals surface area contributed by atoms with E-state index >= 15 is 0 Å².